The molecule has 24 heavy (non-hydrogen) atoms. The molecule has 2 aromatic carbocycles. The third-order valence-electron chi connectivity index (χ3n) is 3.48. The van der Waals surface area contributed by atoms with Crippen molar-refractivity contribution in [1.82, 2.24) is 0 Å². The monoisotopic (exact) mass is 367 g/mol. The van der Waals surface area contributed by atoms with Gasteiger partial charge in [0.05, 0.1) is 22.2 Å². The fourth-order valence-electron chi connectivity index (χ4n) is 2.20. The summed E-state index contributed by atoms with van der Waals surface area (Å²) in [5, 5.41) is 13.2. The minimum absolute atomic E-state index is 0.238. The molecule has 0 aliphatic heterocycles. The lowest BCUT2D eigenvalue weighted by atomic mass is 10.1. The molecule has 6 heteroatoms. The van der Waals surface area contributed by atoms with Gasteiger partial charge < -0.3 is 15.2 Å². The molecule has 0 amide bonds. The van der Waals surface area contributed by atoms with Crippen molar-refractivity contribution >= 4 is 34.9 Å². The molecule has 0 aromatic heterocycles. The first-order valence-electron chi connectivity index (χ1n) is 7.61. The molecule has 0 bridgehead atoms. The van der Waals surface area contributed by atoms with E-state index in [0.29, 0.717) is 28.9 Å². The number of hydrogen-bond acceptors (Lipinski definition) is 3. The van der Waals surface area contributed by atoms with Gasteiger partial charge in [-0.2, -0.15) is 0 Å². The molecular formula is C18H19Cl2NO3. The smallest absolute Gasteiger partial charge is 0.335 e. The lowest BCUT2D eigenvalue weighted by Crippen LogP contribution is -2.04. The maximum Gasteiger partial charge on any atom is 0.335 e. The van der Waals surface area contributed by atoms with Gasteiger partial charge in [-0.25, -0.2) is 4.79 Å². The summed E-state index contributed by atoms with van der Waals surface area (Å²) in [6, 6.07) is 8.55. The van der Waals surface area contributed by atoms with E-state index in [1.54, 1.807) is 30.3 Å². The van der Waals surface area contributed by atoms with Gasteiger partial charge in [-0.15, -0.1) is 0 Å². The molecule has 0 radical (unpaired) electrons. The summed E-state index contributed by atoms with van der Waals surface area (Å²) in [7, 11) is 0. The Kier molecular flexibility index (Phi) is 6.35. The van der Waals surface area contributed by atoms with Crippen molar-refractivity contribution in [1.29, 1.82) is 0 Å². The van der Waals surface area contributed by atoms with Gasteiger partial charge in [-0.3, -0.25) is 0 Å². The Hall–Kier alpha value is -1.91. The van der Waals surface area contributed by atoms with Gasteiger partial charge in [-0.1, -0.05) is 36.2 Å². The van der Waals surface area contributed by atoms with E-state index in [4.69, 9.17) is 33.0 Å². The van der Waals surface area contributed by atoms with Crippen LogP contribution < -0.4 is 10.1 Å². The molecule has 2 rings (SSSR count). The van der Waals surface area contributed by atoms with Crippen molar-refractivity contribution in [2.75, 3.05) is 11.9 Å². The van der Waals surface area contributed by atoms with Crippen molar-refractivity contribution in [2.24, 2.45) is 0 Å². The first-order valence-corrected chi connectivity index (χ1v) is 8.36. The van der Waals surface area contributed by atoms with Crippen LogP contribution in [0.1, 0.15) is 34.8 Å². The Bertz CT molecular complexity index is 724. The molecule has 2 aromatic rings. The van der Waals surface area contributed by atoms with Gasteiger partial charge in [0.1, 0.15) is 0 Å². The van der Waals surface area contributed by atoms with Crippen molar-refractivity contribution in [3.05, 3.63) is 57.1 Å². The second kappa shape index (κ2) is 8.27. The SMILES string of the molecule is CCCOc1c(Cl)cc(CNc2cc(C(=O)O)ccc2C)cc1Cl. The van der Waals surface area contributed by atoms with Crippen LogP contribution in [0.5, 0.6) is 5.75 Å². The zero-order chi connectivity index (χ0) is 17.7. The fourth-order valence-corrected chi connectivity index (χ4v) is 2.84. The maximum atomic E-state index is 11.1. The molecule has 0 atom stereocenters. The first-order chi connectivity index (χ1) is 11.4. The molecule has 0 aliphatic carbocycles. The molecule has 0 saturated heterocycles. The van der Waals surface area contributed by atoms with Gasteiger partial charge in [0.15, 0.2) is 5.75 Å². The number of ether oxygens (including phenoxy) is 1. The van der Waals surface area contributed by atoms with E-state index in [9.17, 15) is 4.79 Å². The third-order valence-corrected chi connectivity index (χ3v) is 4.04. The molecule has 128 valence electrons. The average Bonchev–Trinajstić information content (AvgIpc) is 2.53. The standard InChI is InChI=1S/C18H19Cl2NO3/c1-3-6-24-17-14(19)7-12(8-15(17)20)10-21-16-9-13(18(22)23)5-4-11(16)2/h4-5,7-9,21H,3,6,10H2,1-2H3,(H,22,23). The predicted molar refractivity (Wildman–Crippen MR) is 97.7 cm³/mol. The Morgan fingerprint density at radius 1 is 1.21 bits per heavy atom. The largest absolute Gasteiger partial charge is 0.490 e. The van der Waals surface area contributed by atoms with Crippen molar-refractivity contribution in [3.8, 4) is 5.75 Å². The highest BCUT2D eigenvalue weighted by atomic mass is 35.5. The lowest BCUT2D eigenvalue weighted by molar-refractivity contribution is 0.0697. The summed E-state index contributed by atoms with van der Waals surface area (Å²) in [6.45, 7) is 4.94. The van der Waals surface area contributed by atoms with Crippen molar-refractivity contribution < 1.29 is 14.6 Å². The second-order valence-electron chi connectivity index (χ2n) is 5.43. The van der Waals surface area contributed by atoms with Crippen LogP contribution in [-0.2, 0) is 6.54 Å². The lowest BCUT2D eigenvalue weighted by Gasteiger charge is -2.13. The Balaban J connectivity index is 2.15. The second-order valence-corrected chi connectivity index (χ2v) is 6.24. The van der Waals surface area contributed by atoms with Crippen LogP contribution in [0.2, 0.25) is 10.0 Å². The summed E-state index contributed by atoms with van der Waals surface area (Å²) in [6.07, 6.45) is 0.870. The highest BCUT2D eigenvalue weighted by Crippen LogP contribution is 2.34. The third kappa shape index (κ3) is 4.56. The van der Waals surface area contributed by atoms with Gasteiger partial charge in [0, 0.05) is 12.2 Å². The van der Waals surface area contributed by atoms with Gasteiger partial charge in [0.2, 0.25) is 0 Å². The number of hydrogen-bond donors (Lipinski definition) is 2. The van der Waals surface area contributed by atoms with Gasteiger partial charge in [0.25, 0.3) is 0 Å². The van der Waals surface area contributed by atoms with Crippen molar-refractivity contribution in [2.45, 2.75) is 26.8 Å². The van der Waals surface area contributed by atoms with Crippen LogP contribution in [0.4, 0.5) is 5.69 Å². The molecule has 2 N–H and O–H groups in total. The number of rotatable bonds is 7. The van der Waals surface area contributed by atoms with Crippen molar-refractivity contribution in [3.63, 3.8) is 0 Å². The Morgan fingerprint density at radius 3 is 2.46 bits per heavy atom. The van der Waals surface area contributed by atoms with Crippen LogP contribution in [0.3, 0.4) is 0 Å². The molecule has 0 saturated carbocycles. The number of aryl methyl sites for hydroxylation is 1. The predicted octanol–water partition coefficient (Wildman–Crippen LogP) is 5.40. The maximum absolute atomic E-state index is 11.1. The number of halogens is 2. The molecule has 0 spiro atoms. The molecule has 0 unspecified atom stereocenters. The van der Waals surface area contributed by atoms with E-state index in [-0.39, 0.29) is 5.56 Å². The summed E-state index contributed by atoms with van der Waals surface area (Å²) in [5.74, 6) is -0.463. The number of benzene rings is 2. The molecule has 4 nitrogen and oxygen atoms in total. The van der Waals surface area contributed by atoms with Gasteiger partial charge in [-0.05, 0) is 48.7 Å². The van der Waals surface area contributed by atoms with E-state index in [1.165, 1.54) is 0 Å². The van der Waals surface area contributed by atoms with Crippen LogP contribution in [0, 0.1) is 6.92 Å². The highest BCUT2D eigenvalue weighted by Gasteiger charge is 2.11. The highest BCUT2D eigenvalue weighted by molar-refractivity contribution is 6.37. The number of carbonyl (C=O) groups is 1. The zero-order valence-corrected chi connectivity index (χ0v) is 15.0. The fraction of sp³-hybridized carbons (Fsp3) is 0.278. The summed E-state index contributed by atoms with van der Waals surface area (Å²) in [4.78, 5) is 11.1. The first kappa shape index (κ1) is 18.4. The summed E-state index contributed by atoms with van der Waals surface area (Å²) in [5.41, 5.74) is 2.84. The van der Waals surface area contributed by atoms with Crippen LogP contribution in [-0.4, -0.2) is 17.7 Å². The Labute approximate surface area is 151 Å². The van der Waals surface area contributed by atoms with E-state index in [1.807, 2.05) is 13.8 Å². The molecule has 0 fully saturated rings. The summed E-state index contributed by atoms with van der Waals surface area (Å²) >= 11 is 12.5. The topological polar surface area (TPSA) is 58.6 Å². The summed E-state index contributed by atoms with van der Waals surface area (Å²) < 4.78 is 5.55. The number of carboxylic acid groups (broad SMARTS) is 1. The zero-order valence-electron chi connectivity index (χ0n) is 13.5. The number of carboxylic acids is 1. The van der Waals surface area contributed by atoms with E-state index < -0.39 is 5.97 Å². The number of nitrogens with one attached hydrogen (secondary N) is 1. The van der Waals surface area contributed by atoms with E-state index >= 15 is 0 Å². The minimum atomic E-state index is -0.957. The quantitative estimate of drug-likeness (QED) is 0.687. The minimum Gasteiger partial charge on any atom is -0.490 e. The van der Waals surface area contributed by atoms with Crippen LogP contribution in [0.15, 0.2) is 30.3 Å². The Morgan fingerprint density at radius 2 is 1.88 bits per heavy atom. The molecule has 0 heterocycles. The number of aromatic carboxylic acids is 1. The van der Waals surface area contributed by atoms with Crippen LogP contribution in [0.25, 0.3) is 0 Å². The average molecular weight is 368 g/mol. The molecule has 0 aliphatic rings. The normalized spacial score (nSPS) is 10.5. The van der Waals surface area contributed by atoms with Crippen LogP contribution >= 0.6 is 23.2 Å². The van der Waals surface area contributed by atoms with Gasteiger partial charge >= 0.3 is 5.97 Å². The van der Waals surface area contributed by atoms with E-state index in [2.05, 4.69) is 5.32 Å². The van der Waals surface area contributed by atoms with E-state index in [0.717, 1.165) is 23.2 Å². The number of anilines is 1. The molecular weight excluding hydrogens is 349 g/mol.